The average Bonchev–Trinajstić information content (AvgIpc) is 2.66. The molecule has 1 aromatic heterocycles. The van der Waals surface area contributed by atoms with Crippen LogP contribution in [0.4, 0.5) is 0 Å². The van der Waals surface area contributed by atoms with Crippen LogP contribution in [-0.2, 0) is 4.74 Å². The van der Waals surface area contributed by atoms with E-state index in [9.17, 15) is 4.79 Å². The molecule has 0 aliphatic rings. The second-order valence-corrected chi connectivity index (χ2v) is 6.54. The van der Waals surface area contributed by atoms with Crippen molar-refractivity contribution >= 4 is 17.0 Å². The standard InChI is InChI=1S/C22H22O4/c1-22(2,25-4)13-12-17-19(24-3)11-10-16-18(23)14-20(26-21(16)17)15-8-6-5-7-9-15/h5-14H,1-4H3. The lowest BCUT2D eigenvalue weighted by Gasteiger charge is -2.18. The molecule has 4 heteroatoms. The van der Waals surface area contributed by atoms with E-state index in [2.05, 4.69) is 0 Å². The van der Waals surface area contributed by atoms with Crippen LogP contribution >= 0.6 is 0 Å². The van der Waals surface area contributed by atoms with Gasteiger partial charge in [0.25, 0.3) is 0 Å². The second kappa shape index (κ2) is 7.18. The molecule has 0 aliphatic heterocycles. The van der Waals surface area contributed by atoms with E-state index in [-0.39, 0.29) is 5.43 Å². The lowest BCUT2D eigenvalue weighted by molar-refractivity contribution is 0.0663. The Morgan fingerprint density at radius 1 is 1.04 bits per heavy atom. The number of hydrogen-bond acceptors (Lipinski definition) is 4. The van der Waals surface area contributed by atoms with Crippen LogP contribution in [0.25, 0.3) is 28.4 Å². The molecule has 3 rings (SSSR count). The fourth-order valence-electron chi connectivity index (χ4n) is 2.65. The van der Waals surface area contributed by atoms with Crippen molar-refractivity contribution in [1.82, 2.24) is 0 Å². The monoisotopic (exact) mass is 350 g/mol. The van der Waals surface area contributed by atoms with Crippen LogP contribution in [0.1, 0.15) is 19.4 Å². The van der Waals surface area contributed by atoms with Gasteiger partial charge in [0.2, 0.25) is 0 Å². The van der Waals surface area contributed by atoms with E-state index in [0.717, 1.165) is 5.56 Å². The maximum Gasteiger partial charge on any atom is 0.193 e. The molecule has 2 aromatic carbocycles. The summed E-state index contributed by atoms with van der Waals surface area (Å²) in [5.74, 6) is 1.16. The van der Waals surface area contributed by atoms with Gasteiger partial charge in [-0.3, -0.25) is 4.79 Å². The number of benzene rings is 2. The van der Waals surface area contributed by atoms with Crippen LogP contribution in [-0.4, -0.2) is 19.8 Å². The molecule has 4 nitrogen and oxygen atoms in total. The van der Waals surface area contributed by atoms with E-state index >= 15 is 0 Å². The van der Waals surface area contributed by atoms with Gasteiger partial charge in [0.15, 0.2) is 5.43 Å². The zero-order chi connectivity index (χ0) is 18.7. The van der Waals surface area contributed by atoms with E-state index < -0.39 is 5.60 Å². The van der Waals surface area contributed by atoms with E-state index in [4.69, 9.17) is 13.9 Å². The molecule has 134 valence electrons. The highest BCUT2D eigenvalue weighted by Gasteiger charge is 2.16. The molecule has 3 aromatic rings. The van der Waals surface area contributed by atoms with E-state index in [1.165, 1.54) is 6.07 Å². The number of rotatable bonds is 5. The predicted molar refractivity (Wildman–Crippen MR) is 105 cm³/mol. The topological polar surface area (TPSA) is 48.7 Å². The molecular weight excluding hydrogens is 328 g/mol. The van der Waals surface area contributed by atoms with Crippen LogP contribution in [0, 0.1) is 0 Å². The number of methoxy groups -OCH3 is 2. The minimum absolute atomic E-state index is 0.0894. The lowest BCUT2D eigenvalue weighted by atomic mass is 10.0. The van der Waals surface area contributed by atoms with Gasteiger partial charge in [-0.05, 0) is 32.1 Å². The van der Waals surface area contributed by atoms with Crippen molar-refractivity contribution in [2.24, 2.45) is 0 Å². The van der Waals surface area contributed by atoms with Crippen LogP contribution in [0.5, 0.6) is 5.75 Å². The third kappa shape index (κ3) is 3.55. The SMILES string of the molecule is COc1ccc2c(=O)cc(-c3ccccc3)oc2c1C=CC(C)(C)OC. The van der Waals surface area contributed by atoms with E-state index in [1.54, 1.807) is 26.4 Å². The van der Waals surface area contributed by atoms with Gasteiger partial charge in [-0.15, -0.1) is 0 Å². The van der Waals surface area contributed by atoms with Gasteiger partial charge in [0, 0.05) is 18.7 Å². The summed E-state index contributed by atoms with van der Waals surface area (Å²) in [5, 5.41) is 0.514. The molecule has 0 aliphatic carbocycles. The van der Waals surface area contributed by atoms with Crippen molar-refractivity contribution < 1.29 is 13.9 Å². The van der Waals surface area contributed by atoms with E-state index in [0.29, 0.717) is 28.0 Å². The molecule has 0 spiro atoms. The second-order valence-electron chi connectivity index (χ2n) is 6.54. The third-order valence-corrected chi connectivity index (χ3v) is 4.35. The Balaban J connectivity index is 2.27. The molecule has 0 N–H and O–H groups in total. The highest BCUT2D eigenvalue weighted by molar-refractivity contribution is 5.89. The van der Waals surface area contributed by atoms with Crippen molar-refractivity contribution in [2.45, 2.75) is 19.4 Å². The van der Waals surface area contributed by atoms with E-state index in [1.807, 2.05) is 56.3 Å². The molecule has 0 bridgehead atoms. The summed E-state index contributed by atoms with van der Waals surface area (Å²) in [6.45, 7) is 3.90. The Morgan fingerprint density at radius 2 is 1.77 bits per heavy atom. The third-order valence-electron chi connectivity index (χ3n) is 4.35. The molecule has 0 fully saturated rings. The first-order valence-electron chi connectivity index (χ1n) is 8.40. The molecule has 0 saturated carbocycles. The minimum Gasteiger partial charge on any atom is -0.496 e. The zero-order valence-electron chi connectivity index (χ0n) is 15.4. The molecule has 0 radical (unpaired) electrons. The van der Waals surface area contributed by atoms with Crippen molar-refractivity contribution in [3.05, 3.63) is 70.4 Å². The van der Waals surface area contributed by atoms with Gasteiger partial charge in [-0.25, -0.2) is 0 Å². The summed E-state index contributed by atoms with van der Waals surface area (Å²) in [6.07, 6.45) is 3.79. The van der Waals surface area contributed by atoms with Gasteiger partial charge >= 0.3 is 0 Å². The zero-order valence-corrected chi connectivity index (χ0v) is 15.4. The van der Waals surface area contributed by atoms with Gasteiger partial charge in [0.1, 0.15) is 17.1 Å². The summed E-state index contributed by atoms with van der Waals surface area (Å²) < 4.78 is 17.1. The first-order chi connectivity index (χ1) is 12.4. The highest BCUT2D eigenvalue weighted by Crippen LogP contribution is 2.31. The van der Waals surface area contributed by atoms with Crippen molar-refractivity contribution in [3.63, 3.8) is 0 Å². The summed E-state index contributed by atoms with van der Waals surface area (Å²) in [5.41, 5.74) is 1.52. The fourth-order valence-corrected chi connectivity index (χ4v) is 2.65. The Labute approximate surface area is 152 Å². The Bertz CT molecular complexity index is 998. The van der Waals surface area contributed by atoms with Crippen molar-refractivity contribution in [1.29, 1.82) is 0 Å². The summed E-state index contributed by atoms with van der Waals surface area (Å²) >= 11 is 0. The highest BCUT2D eigenvalue weighted by atomic mass is 16.5. The molecule has 1 heterocycles. The maximum atomic E-state index is 12.6. The number of fused-ring (bicyclic) bond motifs is 1. The maximum absolute atomic E-state index is 12.6. The molecule has 0 amide bonds. The van der Waals surface area contributed by atoms with Gasteiger partial charge in [-0.1, -0.05) is 36.4 Å². The number of ether oxygens (including phenoxy) is 2. The lowest BCUT2D eigenvalue weighted by Crippen LogP contribution is -2.18. The summed E-state index contributed by atoms with van der Waals surface area (Å²) in [4.78, 5) is 12.6. The van der Waals surface area contributed by atoms with Gasteiger partial charge in [-0.2, -0.15) is 0 Å². The van der Waals surface area contributed by atoms with Crippen LogP contribution in [0.3, 0.4) is 0 Å². The Kier molecular flexibility index (Phi) is 4.96. The smallest absolute Gasteiger partial charge is 0.193 e. The fraction of sp³-hybridized carbons (Fsp3) is 0.227. The van der Waals surface area contributed by atoms with Crippen LogP contribution < -0.4 is 10.2 Å². The molecule has 26 heavy (non-hydrogen) atoms. The number of hydrogen-bond donors (Lipinski definition) is 0. The van der Waals surface area contributed by atoms with Crippen LogP contribution in [0.2, 0.25) is 0 Å². The predicted octanol–water partition coefficient (Wildman–Crippen LogP) is 4.91. The summed E-state index contributed by atoms with van der Waals surface area (Å²) in [7, 11) is 3.25. The van der Waals surface area contributed by atoms with Crippen LogP contribution in [0.15, 0.2) is 63.8 Å². The quantitative estimate of drug-likeness (QED) is 0.656. The molecule has 0 unspecified atom stereocenters. The van der Waals surface area contributed by atoms with Crippen molar-refractivity contribution in [2.75, 3.05) is 14.2 Å². The van der Waals surface area contributed by atoms with Gasteiger partial charge < -0.3 is 13.9 Å². The van der Waals surface area contributed by atoms with Crippen molar-refractivity contribution in [3.8, 4) is 17.1 Å². The molecule has 0 atom stereocenters. The normalized spacial score (nSPS) is 12.0. The molecular formula is C22H22O4. The summed E-state index contributed by atoms with van der Waals surface area (Å²) in [6, 6.07) is 14.6. The van der Waals surface area contributed by atoms with Gasteiger partial charge in [0.05, 0.1) is 23.7 Å². The average molecular weight is 350 g/mol. The minimum atomic E-state index is -0.454. The first-order valence-corrected chi connectivity index (χ1v) is 8.40. The first kappa shape index (κ1) is 18.0. The Hall–Kier alpha value is -2.85. The molecule has 0 saturated heterocycles. The largest absolute Gasteiger partial charge is 0.496 e. The Morgan fingerprint density at radius 3 is 2.42 bits per heavy atom.